The number of benzene rings is 2. The van der Waals surface area contributed by atoms with Crippen LogP contribution in [0.3, 0.4) is 0 Å². The predicted octanol–water partition coefficient (Wildman–Crippen LogP) is 5.08. The Morgan fingerprint density at radius 3 is 2.38 bits per heavy atom. The molecule has 140 valence electrons. The Kier molecular flexibility index (Phi) is 7.85. The zero-order chi connectivity index (χ0) is 19.1. The molecule has 1 atom stereocenters. The highest BCUT2D eigenvalue weighted by atomic mass is 35.5. The first-order valence-corrected chi connectivity index (χ1v) is 10.2. The molecule has 2 aromatic carbocycles. The highest BCUT2D eigenvalue weighted by Gasteiger charge is 2.15. The van der Waals surface area contributed by atoms with Crippen molar-refractivity contribution < 1.29 is 9.53 Å². The summed E-state index contributed by atoms with van der Waals surface area (Å²) in [5.41, 5.74) is 4.46. The van der Waals surface area contributed by atoms with Gasteiger partial charge in [-0.15, -0.1) is 0 Å². The molecule has 0 spiro atoms. The van der Waals surface area contributed by atoms with Crippen molar-refractivity contribution in [1.82, 2.24) is 5.32 Å². The van der Waals surface area contributed by atoms with Gasteiger partial charge in [-0.1, -0.05) is 41.4 Å². The van der Waals surface area contributed by atoms with Gasteiger partial charge >= 0.3 is 0 Å². The van der Waals surface area contributed by atoms with Gasteiger partial charge in [-0.2, -0.15) is 11.8 Å². The van der Waals surface area contributed by atoms with Crippen molar-refractivity contribution in [3.8, 4) is 5.75 Å². The lowest BCUT2D eigenvalue weighted by Gasteiger charge is -2.16. The molecule has 0 aromatic heterocycles. The van der Waals surface area contributed by atoms with Gasteiger partial charge in [0, 0.05) is 23.1 Å². The molecule has 1 amide bonds. The lowest BCUT2D eigenvalue weighted by atomic mass is 10.1. The molecule has 0 bridgehead atoms. The van der Waals surface area contributed by atoms with E-state index in [-0.39, 0.29) is 5.91 Å². The summed E-state index contributed by atoms with van der Waals surface area (Å²) in [5.74, 6) is 2.38. The summed E-state index contributed by atoms with van der Waals surface area (Å²) in [5, 5.41) is 3.66. The van der Waals surface area contributed by atoms with Crippen LogP contribution in [-0.4, -0.2) is 24.3 Å². The van der Waals surface area contributed by atoms with Crippen LogP contribution in [0.5, 0.6) is 5.75 Å². The fourth-order valence-electron chi connectivity index (χ4n) is 2.50. The molecule has 0 saturated carbocycles. The number of hydrogen-bond donors (Lipinski definition) is 1. The standard InChI is InChI=1S/C21H26ClNO2S/c1-14-5-7-18(8-6-14)13-26-10-9-23-21(24)17(4)25-19-11-15(2)20(22)16(3)12-19/h5-8,11-12,17H,9-10,13H2,1-4H3,(H,23,24)/t17-/m1/s1. The molecule has 0 saturated heterocycles. The third-order valence-corrected chi connectivity index (χ3v) is 5.65. The van der Waals surface area contributed by atoms with E-state index in [9.17, 15) is 4.79 Å². The average molecular weight is 392 g/mol. The zero-order valence-electron chi connectivity index (χ0n) is 15.8. The number of nitrogens with one attached hydrogen (secondary N) is 1. The summed E-state index contributed by atoms with van der Waals surface area (Å²) in [6, 6.07) is 12.3. The van der Waals surface area contributed by atoms with Gasteiger partial charge in [0.05, 0.1) is 0 Å². The summed E-state index contributed by atoms with van der Waals surface area (Å²) < 4.78 is 5.75. The fourth-order valence-corrected chi connectivity index (χ4v) is 3.42. The summed E-state index contributed by atoms with van der Waals surface area (Å²) in [6.07, 6.45) is -0.544. The van der Waals surface area contributed by atoms with E-state index < -0.39 is 6.10 Å². The zero-order valence-corrected chi connectivity index (χ0v) is 17.3. The first-order chi connectivity index (χ1) is 12.4. The number of thioether (sulfide) groups is 1. The maximum atomic E-state index is 12.2. The Hall–Kier alpha value is -1.65. The van der Waals surface area contributed by atoms with Crippen LogP contribution < -0.4 is 10.1 Å². The molecular weight excluding hydrogens is 366 g/mol. The second kappa shape index (κ2) is 9.89. The molecule has 2 aromatic rings. The molecule has 5 heteroatoms. The first kappa shape index (κ1) is 20.7. The van der Waals surface area contributed by atoms with Gasteiger partial charge < -0.3 is 10.1 Å². The normalized spacial score (nSPS) is 11.9. The molecule has 0 radical (unpaired) electrons. The number of carbonyl (C=O) groups is 1. The number of hydrogen-bond acceptors (Lipinski definition) is 3. The maximum Gasteiger partial charge on any atom is 0.260 e. The minimum absolute atomic E-state index is 0.105. The van der Waals surface area contributed by atoms with Gasteiger partial charge in [0.15, 0.2) is 6.10 Å². The molecule has 0 heterocycles. The molecule has 26 heavy (non-hydrogen) atoms. The van der Waals surface area contributed by atoms with E-state index in [0.717, 1.165) is 27.7 Å². The minimum Gasteiger partial charge on any atom is -0.481 e. The third kappa shape index (κ3) is 6.26. The monoisotopic (exact) mass is 391 g/mol. The maximum absolute atomic E-state index is 12.2. The van der Waals surface area contributed by atoms with Crippen molar-refractivity contribution in [2.24, 2.45) is 0 Å². The van der Waals surface area contributed by atoms with Crippen LogP contribution in [0, 0.1) is 20.8 Å². The molecule has 1 N–H and O–H groups in total. The van der Waals surface area contributed by atoms with E-state index in [1.165, 1.54) is 11.1 Å². The van der Waals surface area contributed by atoms with E-state index in [1.807, 2.05) is 26.0 Å². The van der Waals surface area contributed by atoms with Crippen LogP contribution in [-0.2, 0) is 10.5 Å². The summed E-state index contributed by atoms with van der Waals surface area (Å²) >= 11 is 7.97. The number of halogens is 1. The molecule has 0 aliphatic rings. The topological polar surface area (TPSA) is 38.3 Å². The highest BCUT2D eigenvalue weighted by molar-refractivity contribution is 7.98. The van der Waals surface area contributed by atoms with Crippen molar-refractivity contribution in [3.05, 3.63) is 63.7 Å². The van der Waals surface area contributed by atoms with Gasteiger partial charge in [-0.05, 0) is 56.5 Å². The molecule has 0 unspecified atom stereocenters. The Morgan fingerprint density at radius 1 is 1.15 bits per heavy atom. The number of carbonyl (C=O) groups excluding carboxylic acids is 1. The SMILES string of the molecule is Cc1ccc(CSCCNC(=O)[C@@H](C)Oc2cc(C)c(Cl)c(C)c2)cc1. The summed E-state index contributed by atoms with van der Waals surface area (Å²) in [7, 11) is 0. The van der Waals surface area contributed by atoms with E-state index in [1.54, 1.807) is 18.7 Å². The number of aryl methyl sites for hydroxylation is 3. The third-order valence-electron chi connectivity index (χ3n) is 4.03. The van der Waals surface area contributed by atoms with Gasteiger partial charge in [0.2, 0.25) is 0 Å². The summed E-state index contributed by atoms with van der Waals surface area (Å²) in [6.45, 7) is 8.33. The Labute approximate surface area is 165 Å². The van der Waals surface area contributed by atoms with Crippen molar-refractivity contribution in [2.75, 3.05) is 12.3 Å². The first-order valence-electron chi connectivity index (χ1n) is 8.71. The molecule has 2 rings (SSSR count). The smallest absolute Gasteiger partial charge is 0.260 e. The van der Waals surface area contributed by atoms with Gasteiger partial charge in [-0.25, -0.2) is 0 Å². The van der Waals surface area contributed by atoms with Crippen LogP contribution in [0.4, 0.5) is 0 Å². The van der Waals surface area contributed by atoms with E-state index in [4.69, 9.17) is 16.3 Å². The summed E-state index contributed by atoms with van der Waals surface area (Å²) in [4.78, 5) is 12.2. The molecule has 0 aliphatic carbocycles. The van der Waals surface area contributed by atoms with E-state index in [0.29, 0.717) is 12.3 Å². The molecule has 0 fully saturated rings. The largest absolute Gasteiger partial charge is 0.481 e. The second-order valence-electron chi connectivity index (χ2n) is 6.46. The quantitative estimate of drug-likeness (QED) is 0.637. The fraction of sp³-hybridized carbons (Fsp3) is 0.381. The molecule has 0 aliphatic heterocycles. The Balaban J connectivity index is 1.71. The predicted molar refractivity (Wildman–Crippen MR) is 111 cm³/mol. The van der Waals surface area contributed by atoms with E-state index in [2.05, 4.69) is 36.5 Å². The van der Waals surface area contributed by atoms with Crippen LogP contribution in [0.2, 0.25) is 5.02 Å². The molecule has 3 nitrogen and oxygen atoms in total. The Bertz CT molecular complexity index is 723. The molecular formula is C21H26ClNO2S. The van der Waals surface area contributed by atoms with E-state index >= 15 is 0 Å². The van der Waals surface area contributed by atoms with Crippen molar-refractivity contribution in [1.29, 1.82) is 0 Å². The van der Waals surface area contributed by atoms with Crippen molar-refractivity contribution in [2.45, 2.75) is 39.6 Å². The lowest BCUT2D eigenvalue weighted by Crippen LogP contribution is -2.37. The Morgan fingerprint density at radius 2 is 1.77 bits per heavy atom. The van der Waals surface area contributed by atoms with Crippen LogP contribution in [0.25, 0.3) is 0 Å². The van der Waals surface area contributed by atoms with Crippen molar-refractivity contribution >= 4 is 29.3 Å². The second-order valence-corrected chi connectivity index (χ2v) is 7.94. The average Bonchev–Trinajstić information content (AvgIpc) is 2.60. The number of rotatable bonds is 8. The number of amides is 1. The minimum atomic E-state index is -0.544. The van der Waals surface area contributed by atoms with Gasteiger partial charge in [0.25, 0.3) is 5.91 Å². The highest BCUT2D eigenvalue weighted by Crippen LogP contribution is 2.26. The van der Waals surface area contributed by atoms with Crippen LogP contribution in [0.15, 0.2) is 36.4 Å². The number of ether oxygens (including phenoxy) is 1. The van der Waals surface area contributed by atoms with Crippen LogP contribution in [0.1, 0.15) is 29.2 Å². The van der Waals surface area contributed by atoms with Gasteiger partial charge in [0.1, 0.15) is 5.75 Å². The van der Waals surface area contributed by atoms with Crippen LogP contribution >= 0.6 is 23.4 Å². The van der Waals surface area contributed by atoms with Crippen molar-refractivity contribution in [3.63, 3.8) is 0 Å². The van der Waals surface area contributed by atoms with Gasteiger partial charge in [-0.3, -0.25) is 4.79 Å². The lowest BCUT2D eigenvalue weighted by molar-refractivity contribution is -0.127.